The first-order valence-electron chi connectivity index (χ1n) is 12.1. The highest BCUT2D eigenvalue weighted by Crippen LogP contribution is 2.26. The van der Waals surface area contributed by atoms with E-state index in [2.05, 4.69) is 15.5 Å². The fourth-order valence-electron chi connectivity index (χ4n) is 4.51. The zero-order chi connectivity index (χ0) is 26.1. The maximum atomic E-state index is 13.3. The zero-order valence-corrected chi connectivity index (χ0v) is 20.9. The van der Waals surface area contributed by atoms with Gasteiger partial charge in [0, 0.05) is 17.2 Å². The molecule has 186 valence electrons. The zero-order valence-electron chi connectivity index (χ0n) is 20.9. The first kappa shape index (κ1) is 24.0. The monoisotopic (exact) mass is 493 g/mol. The summed E-state index contributed by atoms with van der Waals surface area (Å²) in [6, 6.07) is 20.2. The van der Waals surface area contributed by atoms with Crippen molar-refractivity contribution in [2.45, 2.75) is 33.7 Å². The number of carbonyl (C=O) groups excluding carboxylic acids is 1. The van der Waals surface area contributed by atoms with Gasteiger partial charge in [-0.15, -0.1) is 0 Å². The van der Waals surface area contributed by atoms with Crippen LogP contribution in [0.15, 0.2) is 76.6 Å². The number of nitrogens with one attached hydrogen (secondary N) is 1. The molecule has 2 N–H and O–H groups in total. The van der Waals surface area contributed by atoms with E-state index in [9.17, 15) is 14.7 Å². The van der Waals surface area contributed by atoms with Gasteiger partial charge in [-0.2, -0.15) is 5.10 Å². The van der Waals surface area contributed by atoms with Crippen molar-refractivity contribution < 1.29 is 9.90 Å². The average molecular weight is 494 g/mol. The van der Waals surface area contributed by atoms with E-state index >= 15 is 0 Å². The summed E-state index contributed by atoms with van der Waals surface area (Å²) >= 11 is 0. The van der Waals surface area contributed by atoms with Crippen molar-refractivity contribution in [3.8, 4) is 11.6 Å². The lowest BCUT2D eigenvalue weighted by molar-refractivity contribution is -0.121. The third-order valence-electron chi connectivity index (χ3n) is 6.59. The van der Waals surface area contributed by atoms with Gasteiger partial charge in [0.25, 0.3) is 11.5 Å². The Labute approximate surface area is 213 Å². The minimum atomic E-state index is -0.336. The Balaban J connectivity index is 1.49. The molecule has 3 aromatic carbocycles. The van der Waals surface area contributed by atoms with Crippen LogP contribution in [0.4, 0.5) is 0 Å². The molecular weight excluding hydrogens is 466 g/mol. The Bertz CT molecular complexity index is 1750. The fraction of sp³-hybridized carbons (Fsp3) is 0.172. The van der Waals surface area contributed by atoms with E-state index in [-0.39, 0.29) is 23.9 Å². The van der Waals surface area contributed by atoms with Crippen LogP contribution in [0.3, 0.4) is 0 Å². The number of aryl methyl sites for hydroxylation is 3. The van der Waals surface area contributed by atoms with Crippen molar-refractivity contribution in [1.82, 2.24) is 19.5 Å². The van der Waals surface area contributed by atoms with Crippen LogP contribution in [0, 0.1) is 13.8 Å². The van der Waals surface area contributed by atoms with Gasteiger partial charge < -0.3 is 9.67 Å². The number of para-hydroxylation sites is 2. The Morgan fingerprint density at radius 2 is 1.76 bits per heavy atom. The van der Waals surface area contributed by atoms with Gasteiger partial charge in [-0.05, 0) is 55.3 Å². The highest BCUT2D eigenvalue weighted by atomic mass is 16.3. The molecule has 0 saturated heterocycles. The van der Waals surface area contributed by atoms with Crippen molar-refractivity contribution in [3.05, 3.63) is 99.6 Å². The second-order valence-electron chi connectivity index (χ2n) is 8.94. The molecule has 5 rings (SSSR count). The van der Waals surface area contributed by atoms with Crippen LogP contribution in [-0.2, 0) is 17.8 Å². The number of benzene rings is 3. The molecule has 0 fully saturated rings. The van der Waals surface area contributed by atoms with E-state index in [1.807, 2.05) is 61.7 Å². The number of hydrogen-bond donors (Lipinski definition) is 2. The molecule has 0 aliphatic heterocycles. The first-order valence-corrected chi connectivity index (χ1v) is 12.1. The van der Waals surface area contributed by atoms with Gasteiger partial charge in [-0.25, -0.2) is 15.0 Å². The summed E-state index contributed by atoms with van der Waals surface area (Å²) in [6.45, 7) is 5.98. The molecule has 5 aromatic rings. The summed E-state index contributed by atoms with van der Waals surface area (Å²) in [5.41, 5.74) is 6.89. The van der Waals surface area contributed by atoms with Gasteiger partial charge in [0.05, 0.1) is 28.5 Å². The summed E-state index contributed by atoms with van der Waals surface area (Å²) in [5.74, 6) is 0.226. The van der Waals surface area contributed by atoms with Crippen LogP contribution in [0.25, 0.3) is 27.5 Å². The van der Waals surface area contributed by atoms with Crippen LogP contribution in [0.5, 0.6) is 5.88 Å². The van der Waals surface area contributed by atoms with Gasteiger partial charge in [0.2, 0.25) is 5.88 Å². The molecule has 0 spiro atoms. The Hall–Kier alpha value is -4.72. The van der Waals surface area contributed by atoms with Crippen LogP contribution >= 0.6 is 0 Å². The molecular formula is C29H27N5O3. The number of amides is 1. The minimum absolute atomic E-state index is 0.0515. The van der Waals surface area contributed by atoms with E-state index in [4.69, 9.17) is 0 Å². The lowest BCUT2D eigenvalue weighted by Crippen LogP contribution is -2.24. The molecule has 2 aromatic heterocycles. The predicted octanol–water partition coefficient (Wildman–Crippen LogP) is 4.38. The third-order valence-corrected chi connectivity index (χ3v) is 6.59. The molecule has 0 aliphatic carbocycles. The highest BCUT2D eigenvalue weighted by molar-refractivity contribution is 6.02. The number of nitrogens with zero attached hydrogens (tertiary/aromatic N) is 4. The lowest BCUT2D eigenvalue weighted by Gasteiger charge is -2.14. The fourth-order valence-corrected chi connectivity index (χ4v) is 4.51. The van der Waals surface area contributed by atoms with Gasteiger partial charge in [-0.1, -0.05) is 43.3 Å². The summed E-state index contributed by atoms with van der Waals surface area (Å²) in [5, 5.41) is 16.3. The van der Waals surface area contributed by atoms with Gasteiger partial charge in [-0.3, -0.25) is 9.59 Å². The number of pyridine rings is 1. The Morgan fingerprint density at radius 1 is 1.03 bits per heavy atom. The van der Waals surface area contributed by atoms with Crippen LogP contribution in [-0.4, -0.2) is 31.3 Å². The molecule has 0 aliphatic rings. The molecule has 0 radical (unpaired) electrons. The van der Waals surface area contributed by atoms with Crippen molar-refractivity contribution in [2.75, 3.05) is 0 Å². The van der Waals surface area contributed by atoms with Crippen molar-refractivity contribution in [1.29, 1.82) is 0 Å². The molecule has 0 bridgehead atoms. The number of fused-ring (bicyclic) bond motifs is 2. The number of carbonyl (C=O) groups is 1. The SMILES string of the molecule is CCc1nc2ccccc2n1CC(=O)N/N=C/c1c(O)n(-c2ccc(C)c(C)c2)c(=O)c2ccccc12. The number of hydrogen-bond acceptors (Lipinski definition) is 5. The Morgan fingerprint density at radius 3 is 2.51 bits per heavy atom. The molecule has 37 heavy (non-hydrogen) atoms. The van der Waals surface area contributed by atoms with Crippen molar-refractivity contribution in [2.24, 2.45) is 5.10 Å². The molecule has 2 heterocycles. The number of rotatable bonds is 6. The van der Waals surface area contributed by atoms with Crippen LogP contribution in [0.1, 0.15) is 29.4 Å². The van der Waals surface area contributed by atoms with Crippen molar-refractivity contribution in [3.63, 3.8) is 0 Å². The van der Waals surface area contributed by atoms with Gasteiger partial charge in [0.15, 0.2) is 0 Å². The molecule has 0 saturated carbocycles. The first-order chi connectivity index (χ1) is 17.9. The predicted molar refractivity (Wildman–Crippen MR) is 146 cm³/mol. The Kier molecular flexibility index (Phi) is 6.31. The molecule has 0 unspecified atom stereocenters. The minimum Gasteiger partial charge on any atom is -0.494 e. The summed E-state index contributed by atoms with van der Waals surface area (Å²) in [7, 11) is 0. The second-order valence-corrected chi connectivity index (χ2v) is 8.94. The normalized spacial score (nSPS) is 11.5. The average Bonchev–Trinajstić information content (AvgIpc) is 3.25. The number of imidazole rings is 1. The lowest BCUT2D eigenvalue weighted by atomic mass is 10.1. The summed E-state index contributed by atoms with van der Waals surface area (Å²) in [6.07, 6.45) is 2.06. The summed E-state index contributed by atoms with van der Waals surface area (Å²) < 4.78 is 3.13. The van der Waals surface area contributed by atoms with E-state index in [0.29, 0.717) is 28.4 Å². The maximum absolute atomic E-state index is 13.3. The summed E-state index contributed by atoms with van der Waals surface area (Å²) in [4.78, 5) is 30.7. The van der Waals surface area contributed by atoms with E-state index in [0.717, 1.165) is 28.0 Å². The number of aromatic nitrogens is 3. The van der Waals surface area contributed by atoms with Gasteiger partial charge >= 0.3 is 0 Å². The van der Waals surface area contributed by atoms with E-state index in [1.165, 1.54) is 10.8 Å². The van der Waals surface area contributed by atoms with Crippen LogP contribution < -0.4 is 11.0 Å². The third kappa shape index (κ3) is 4.38. The molecule has 8 nitrogen and oxygen atoms in total. The molecule has 0 atom stereocenters. The maximum Gasteiger partial charge on any atom is 0.265 e. The smallest absolute Gasteiger partial charge is 0.265 e. The highest BCUT2D eigenvalue weighted by Gasteiger charge is 2.17. The number of aromatic hydroxyl groups is 1. The topological polar surface area (TPSA) is 102 Å². The number of hydrazone groups is 1. The largest absolute Gasteiger partial charge is 0.494 e. The standard InChI is InChI=1S/C29H27N5O3/c1-4-26-31-24-11-7-8-12-25(24)33(26)17-27(35)32-30-16-23-21-9-5-6-10-22(21)28(36)34(29(23)37)20-14-13-18(2)19(3)15-20/h5-16,37H,4,17H2,1-3H3,(H,32,35)/b30-16+. The molecule has 1 amide bonds. The second kappa shape index (κ2) is 9.73. The van der Waals surface area contributed by atoms with E-state index < -0.39 is 0 Å². The van der Waals surface area contributed by atoms with E-state index in [1.54, 1.807) is 30.3 Å². The van der Waals surface area contributed by atoms with Gasteiger partial charge in [0.1, 0.15) is 12.4 Å². The molecule has 8 heteroatoms. The quantitative estimate of drug-likeness (QED) is 0.271. The van der Waals surface area contributed by atoms with Crippen molar-refractivity contribution >= 4 is 33.9 Å². The van der Waals surface area contributed by atoms with Crippen LogP contribution in [0.2, 0.25) is 0 Å².